The number of benzene rings is 1. The summed E-state index contributed by atoms with van der Waals surface area (Å²) in [6, 6.07) is 8.78. The third-order valence-corrected chi connectivity index (χ3v) is 4.16. The molecule has 0 aromatic heterocycles. The van der Waals surface area contributed by atoms with Crippen LogP contribution in [0.5, 0.6) is 0 Å². The van der Waals surface area contributed by atoms with Gasteiger partial charge in [-0.15, -0.1) is 11.8 Å². The van der Waals surface area contributed by atoms with Crippen LogP contribution < -0.4 is 15.5 Å². The van der Waals surface area contributed by atoms with Crippen LogP contribution in [-0.4, -0.2) is 32.6 Å². The first kappa shape index (κ1) is 17.9. The van der Waals surface area contributed by atoms with Crippen LogP contribution in [0, 0.1) is 0 Å². The highest BCUT2D eigenvalue weighted by Gasteiger charge is 2.03. The Morgan fingerprint density at radius 2 is 1.81 bits per heavy atom. The lowest BCUT2D eigenvalue weighted by Gasteiger charge is -2.21. The summed E-state index contributed by atoms with van der Waals surface area (Å²) in [5.41, 5.74) is 3.69. The predicted molar refractivity (Wildman–Crippen MR) is 97.8 cm³/mol. The summed E-state index contributed by atoms with van der Waals surface area (Å²) in [7, 11) is 1.98. The second kappa shape index (κ2) is 10.6. The Bertz CT molecular complexity index is 411. The molecule has 2 N–H and O–H groups in total. The van der Waals surface area contributed by atoms with E-state index in [2.05, 4.69) is 66.0 Å². The molecule has 0 unspecified atom stereocenters. The van der Waals surface area contributed by atoms with E-state index in [9.17, 15) is 0 Å². The van der Waals surface area contributed by atoms with Crippen molar-refractivity contribution in [1.82, 2.24) is 10.6 Å². The molecular formula is C17H29N3S. The van der Waals surface area contributed by atoms with E-state index in [-0.39, 0.29) is 0 Å². The third-order valence-electron chi connectivity index (χ3n) is 3.39. The zero-order valence-electron chi connectivity index (χ0n) is 13.8. The van der Waals surface area contributed by atoms with Crippen molar-refractivity contribution in [2.45, 2.75) is 27.2 Å². The van der Waals surface area contributed by atoms with E-state index < -0.39 is 0 Å². The van der Waals surface area contributed by atoms with Crippen molar-refractivity contribution in [2.75, 3.05) is 37.5 Å². The fourth-order valence-electron chi connectivity index (χ4n) is 2.14. The van der Waals surface area contributed by atoms with Crippen molar-refractivity contribution >= 4 is 23.1 Å². The third kappa shape index (κ3) is 6.02. The minimum Gasteiger partial charge on any atom is -0.387 e. The molecule has 0 heterocycles. The maximum absolute atomic E-state index is 3.39. The smallest absolute Gasteiger partial charge is 0.0475 e. The number of rotatable bonds is 10. The zero-order valence-corrected chi connectivity index (χ0v) is 14.6. The molecule has 0 fully saturated rings. The van der Waals surface area contributed by atoms with Gasteiger partial charge in [0.25, 0.3) is 0 Å². The zero-order chi connectivity index (χ0) is 15.5. The Labute approximate surface area is 134 Å². The molecule has 0 aliphatic heterocycles. The molecule has 4 heteroatoms. The molecule has 3 nitrogen and oxygen atoms in total. The highest BCUT2D eigenvalue weighted by atomic mass is 32.2. The van der Waals surface area contributed by atoms with Crippen LogP contribution in [0.2, 0.25) is 0 Å². The van der Waals surface area contributed by atoms with Crippen LogP contribution in [0.1, 0.15) is 32.8 Å². The lowest BCUT2D eigenvalue weighted by molar-refractivity contribution is 0.757. The molecule has 0 bridgehead atoms. The summed E-state index contributed by atoms with van der Waals surface area (Å²) >= 11 is 1.79. The van der Waals surface area contributed by atoms with Gasteiger partial charge >= 0.3 is 0 Å². The first-order valence-corrected chi connectivity index (χ1v) is 8.87. The molecule has 1 aromatic rings. The molecule has 0 spiro atoms. The lowest BCUT2D eigenvalue weighted by atomic mass is 10.1. The minimum atomic E-state index is 0.955. The van der Waals surface area contributed by atoms with Crippen molar-refractivity contribution in [1.29, 1.82) is 0 Å². The summed E-state index contributed by atoms with van der Waals surface area (Å²) in [5.74, 6) is 0.955. The Balaban J connectivity index is 2.66. The van der Waals surface area contributed by atoms with Gasteiger partial charge in [0, 0.05) is 37.4 Å². The van der Waals surface area contributed by atoms with E-state index in [1.165, 1.54) is 23.4 Å². The maximum Gasteiger partial charge on any atom is 0.0475 e. The quantitative estimate of drug-likeness (QED) is 0.509. The number of hydrogen-bond acceptors (Lipinski definition) is 4. The summed E-state index contributed by atoms with van der Waals surface area (Å²) in [5, 5.41) is 8.86. The molecule has 118 valence electrons. The van der Waals surface area contributed by atoms with E-state index in [0.717, 1.165) is 25.5 Å². The fraction of sp³-hybridized carbons (Fsp3) is 0.529. The SMILES string of the molecule is CCCNCS/C=C(\NC)c1ccc(N(CC)CC)cc1. The number of anilines is 1. The van der Waals surface area contributed by atoms with Crippen LogP contribution in [0.3, 0.4) is 0 Å². The van der Waals surface area contributed by atoms with E-state index in [4.69, 9.17) is 0 Å². The monoisotopic (exact) mass is 307 g/mol. The van der Waals surface area contributed by atoms with Gasteiger partial charge in [-0.05, 0) is 49.9 Å². The standard InChI is InChI=1S/C17H29N3S/c1-5-12-19-14-21-13-17(18-4)15-8-10-16(11-9-15)20(6-2)7-3/h8-11,13,18-19H,5-7,12,14H2,1-4H3/b17-13-. The molecule has 1 aromatic carbocycles. The van der Waals surface area contributed by atoms with Crippen molar-refractivity contribution < 1.29 is 0 Å². The largest absolute Gasteiger partial charge is 0.387 e. The molecule has 0 saturated carbocycles. The molecule has 0 amide bonds. The second-order valence-electron chi connectivity index (χ2n) is 4.81. The molecule has 0 aliphatic rings. The van der Waals surface area contributed by atoms with E-state index in [1.54, 1.807) is 11.8 Å². The summed E-state index contributed by atoms with van der Waals surface area (Å²) < 4.78 is 0. The predicted octanol–water partition coefficient (Wildman–Crippen LogP) is 3.74. The van der Waals surface area contributed by atoms with Gasteiger partial charge in [0.15, 0.2) is 0 Å². The Hall–Kier alpha value is -1.13. The fourth-order valence-corrected chi connectivity index (χ4v) is 2.91. The van der Waals surface area contributed by atoms with Gasteiger partial charge in [0.2, 0.25) is 0 Å². The summed E-state index contributed by atoms with van der Waals surface area (Å²) in [6.07, 6.45) is 1.18. The Morgan fingerprint density at radius 1 is 1.14 bits per heavy atom. The Morgan fingerprint density at radius 3 is 2.33 bits per heavy atom. The van der Waals surface area contributed by atoms with E-state index >= 15 is 0 Å². The van der Waals surface area contributed by atoms with E-state index in [1.807, 2.05) is 7.05 Å². The van der Waals surface area contributed by atoms with Gasteiger partial charge in [0.1, 0.15) is 0 Å². The number of nitrogens with zero attached hydrogens (tertiary/aromatic N) is 1. The van der Waals surface area contributed by atoms with Crippen LogP contribution in [0.15, 0.2) is 29.7 Å². The van der Waals surface area contributed by atoms with E-state index in [0.29, 0.717) is 0 Å². The lowest BCUT2D eigenvalue weighted by Crippen LogP contribution is -2.21. The van der Waals surface area contributed by atoms with Gasteiger partial charge in [-0.3, -0.25) is 0 Å². The molecular weight excluding hydrogens is 278 g/mol. The molecule has 0 radical (unpaired) electrons. The Kier molecular flexibility index (Phi) is 9.02. The summed E-state index contributed by atoms with van der Waals surface area (Å²) in [6.45, 7) is 9.73. The van der Waals surface area contributed by atoms with Crippen molar-refractivity contribution in [3.63, 3.8) is 0 Å². The van der Waals surface area contributed by atoms with Crippen molar-refractivity contribution in [3.05, 3.63) is 35.2 Å². The average Bonchev–Trinajstić information content (AvgIpc) is 2.53. The average molecular weight is 308 g/mol. The van der Waals surface area contributed by atoms with Gasteiger partial charge in [-0.2, -0.15) is 0 Å². The van der Waals surface area contributed by atoms with Gasteiger partial charge in [-0.25, -0.2) is 0 Å². The number of nitrogens with one attached hydrogen (secondary N) is 2. The second-order valence-corrected chi connectivity index (χ2v) is 5.67. The molecule has 1 rings (SSSR count). The molecule has 21 heavy (non-hydrogen) atoms. The van der Waals surface area contributed by atoms with Crippen LogP contribution >= 0.6 is 11.8 Å². The van der Waals surface area contributed by atoms with Gasteiger partial charge < -0.3 is 15.5 Å². The normalized spacial score (nSPS) is 11.5. The number of hydrogen-bond donors (Lipinski definition) is 2. The highest BCUT2D eigenvalue weighted by Crippen LogP contribution is 2.20. The van der Waals surface area contributed by atoms with Crippen LogP contribution in [0.25, 0.3) is 5.70 Å². The van der Waals surface area contributed by atoms with Crippen LogP contribution in [-0.2, 0) is 0 Å². The minimum absolute atomic E-state index is 0.955. The molecule has 0 aliphatic carbocycles. The number of thioether (sulfide) groups is 1. The first-order valence-electron chi connectivity index (χ1n) is 7.82. The molecule has 0 atom stereocenters. The van der Waals surface area contributed by atoms with Gasteiger partial charge in [-0.1, -0.05) is 19.1 Å². The highest BCUT2D eigenvalue weighted by molar-refractivity contribution is 8.02. The van der Waals surface area contributed by atoms with Gasteiger partial charge in [0.05, 0.1) is 0 Å². The van der Waals surface area contributed by atoms with Crippen molar-refractivity contribution in [2.24, 2.45) is 0 Å². The van der Waals surface area contributed by atoms with Crippen LogP contribution in [0.4, 0.5) is 5.69 Å². The van der Waals surface area contributed by atoms with Crippen molar-refractivity contribution in [3.8, 4) is 0 Å². The first-order chi connectivity index (χ1) is 10.3. The topological polar surface area (TPSA) is 27.3 Å². The molecule has 0 saturated heterocycles. The maximum atomic E-state index is 3.39. The summed E-state index contributed by atoms with van der Waals surface area (Å²) in [4.78, 5) is 2.36.